The second kappa shape index (κ2) is 8.35. The molecule has 1 atom stereocenters. The van der Waals surface area contributed by atoms with Gasteiger partial charge in [0.05, 0.1) is 24.3 Å². The number of para-hydroxylation sites is 1. The molecule has 1 saturated heterocycles. The summed E-state index contributed by atoms with van der Waals surface area (Å²) in [6, 6.07) is 19.7. The van der Waals surface area contributed by atoms with Crippen LogP contribution in [0.4, 0.5) is 5.69 Å². The summed E-state index contributed by atoms with van der Waals surface area (Å²) < 4.78 is 5.54. The van der Waals surface area contributed by atoms with Gasteiger partial charge in [-0.1, -0.05) is 54.6 Å². The first-order valence-electron chi connectivity index (χ1n) is 10.4. The maximum Gasteiger partial charge on any atom is 0.300 e. The van der Waals surface area contributed by atoms with E-state index in [9.17, 15) is 14.7 Å². The molecule has 0 aliphatic carbocycles. The average Bonchev–Trinajstić information content (AvgIpc) is 3.04. The molecule has 1 aliphatic heterocycles. The standard InChI is InChI=1S/C27H25NO4/c1-16-14-18(3)26(32-4)20(15-16)24(29)22-23(19-11-6-5-7-12-19)28(27(31)25(22)30)21-13-9-8-10-17(21)2/h5-15,23,29H,1-4H3/b24-22+. The average molecular weight is 428 g/mol. The largest absolute Gasteiger partial charge is 0.507 e. The van der Waals surface area contributed by atoms with E-state index < -0.39 is 17.7 Å². The molecule has 162 valence electrons. The Hall–Kier alpha value is -3.86. The minimum atomic E-state index is -0.761. The second-order valence-electron chi connectivity index (χ2n) is 8.03. The van der Waals surface area contributed by atoms with Crippen LogP contribution >= 0.6 is 0 Å². The number of Topliss-reactive ketones (excluding diaryl/α,β-unsaturated/α-hetero) is 1. The molecular formula is C27H25NO4. The van der Waals surface area contributed by atoms with Crippen molar-refractivity contribution in [1.82, 2.24) is 0 Å². The monoisotopic (exact) mass is 427 g/mol. The summed E-state index contributed by atoms with van der Waals surface area (Å²) in [5.74, 6) is -1.15. The van der Waals surface area contributed by atoms with E-state index >= 15 is 0 Å². The van der Waals surface area contributed by atoms with Crippen LogP contribution in [0.1, 0.15) is 33.9 Å². The second-order valence-corrected chi connectivity index (χ2v) is 8.03. The summed E-state index contributed by atoms with van der Waals surface area (Å²) in [7, 11) is 1.52. The van der Waals surface area contributed by atoms with E-state index in [1.54, 1.807) is 6.07 Å². The summed E-state index contributed by atoms with van der Waals surface area (Å²) in [6.07, 6.45) is 0. The number of ether oxygens (including phenoxy) is 1. The summed E-state index contributed by atoms with van der Waals surface area (Å²) in [5, 5.41) is 11.4. The number of aliphatic hydroxyl groups excluding tert-OH is 1. The fourth-order valence-electron chi connectivity index (χ4n) is 4.41. The normalized spacial score (nSPS) is 17.6. The van der Waals surface area contributed by atoms with E-state index in [1.165, 1.54) is 12.0 Å². The number of nitrogens with zero attached hydrogens (tertiary/aromatic N) is 1. The molecule has 0 saturated carbocycles. The Labute approximate surface area is 187 Å². The molecule has 5 heteroatoms. The number of ketones is 1. The van der Waals surface area contributed by atoms with Crippen molar-refractivity contribution >= 4 is 23.1 Å². The molecule has 1 unspecified atom stereocenters. The van der Waals surface area contributed by atoms with E-state index in [2.05, 4.69) is 0 Å². The Morgan fingerprint density at radius 1 is 0.906 bits per heavy atom. The Bertz CT molecular complexity index is 1240. The lowest BCUT2D eigenvalue weighted by Crippen LogP contribution is -2.30. The van der Waals surface area contributed by atoms with Crippen LogP contribution < -0.4 is 9.64 Å². The van der Waals surface area contributed by atoms with Gasteiger partial charge in [0.15, 0.2) is 0 Å². The molecule has 32 heavy (non-hydrogen) atoms. The summed E-state index contributed by atoms with van der Waals surface area (Å²) >= 11 is 0. The van der Waals surface area contributed by atoms with Gasteiger partial charge in [-0.25, -0.2) is 0 Å². The van der Waals surface area contributed by atoms with Crippen molar-refractivity contribution < 1.29 is 19.4 Å². The van der Waals surface area contributed by atoms with Crippen LogP contribution in [0.25, 0.3) is 5.76 Å². The van der Waals surface area contributed by atoms with E-state index in [-0.39, 0.29) is 11.3 Å². The van der Waals surface area contributed by atoms with Crippen LogP contribution in [-0.4, -0.2) is 23.9 Å². The summed E-state index contributed by atoms with van der Waals surface area (Å²) in [5.41, 5.74) is 4.42. The van der Waals surface area contributed by atoms with Crippen molar-refractivity contribution in [2.24, 2.45) is 0 Å². The minimum absolute atomic E-state index is 0.0488. The van der Waals surface area contributed by atoms with Gasteiger partial charge in [-0.15, -0.1) is 0 Å². The fraction of sp³-hybridized carbons (Fsp3) is 0.185. The number of aryl methyl sites for hydroxylation is 3. The predicted molar refractivity (Wildman–Crippen MR) is 125 cm³/mol. The lowest BCUT2D eigenvalue weighted by atomic mass is 9.93. The number of rotatable bonds is 4. The Balaban J connectivity index is 2.02. The molecule has 1 aliphatic rings. The zero-order valence-electron chi connectivity index (χ0n) is 18.5. The summed E-state index contributed by atoms with van der Waals surface area (Å²) in [6.45, 7) is 5.68. The molecule has 1 amide bonds. The summed E-state index contributed by atoms with van der Waals surface area (Å²) in [4.78, 5) is 28.1. The molecule has 0 spiro atoms. The lowest BCUT2D eigenvalue weighted by Gasteiger charge is -2.27. The number of hydrogen-bond acceptors (Lipinski definition) is 4. The first-order chi connectivity index (χ1) is 15.3. The molecule has 1 fully saturated rings. The van der Waals surface area contributed by atoms with E-state index in [4.69, 9.17) is 4.74 Å². The first kappa shape index (κ1) is 21.4. The molecule has 3 aromatic rings. The highest BCUT2D eigenvalue weighted by atomic mass is 16.5. The fourth-order valence-corrected chi connectivity index (χ4v) is 4.41. The van der Waals surface area contributed by atoms with Crippen LogP contribution in [0.2, 0.25) is 0 Å². The number of aliphatic hydroxyl groups is 1. The van der Waals surface area contributed by atoms with Crippen LogP contribution in [0.15, 0.2) is 72.3 Å². The third-order valence-electron chi connectivity index (χ3n) is 5.81. The van der Waals surface area contributed by atoms with Gasteiger partial charge >= 0.3 is 0 Å². The van der Waals surface area contributed by atoms with Gasteiger partial charge in [0.1, 0.15) is 11.5 Å². The highest BCUT2D eigenvalue weighted by Gasteiger charge is 2.47. The number of methoxy groups -OCH3 is 1. The van der Waals surface area contributed by atoms with Crippen LogP contribution in [-0.2, 0) is 9.59 Å². The molecule has 4 rings (SSSR count). The Morgan fingerprint density at radius 3 is 2.22 bits per heavy atom. The number of benzene rings is 3. The number of carbonyl (C=O) groups excluding carboxylic acids is 2. The molecule has 5 nitrogen and oxygen atoms in total. The molecule has 0 aromatic heterocycles. The zero-order valence-corrected chi connectivity index (χ0v) is 18.5. The van der Waals surface area contributed by atoms with Crippen LogP contribution in [0.5, 0.6) is 5.75 Å². The van der Waals surface area contributed by atoms with Gasteiger partial charge in [0.25, 0.3) is 11.7 Å². The van der Waals surface area contributed by atoms with Crippen LogP contribution in [0.3, 0.4) is 0 Å². The molecule has 1 heterocycles. The van der Waals surface area contributed by atoms with Crippen molar-refractivity contribution in [2.75, 3.05) is 12.0 Å². The van der Waals surface area contributed by atoms with Gasteiger partial charge in [0, 0.05) is 5.69 Å². The minimum Gasteiger partial charge on any atom is -0.507 e. The number of anilines is 1. The predicted octanol–water partition coefficient (Wildman–Crippen LogP) is 5.25. The molecule has 0 bridgehead atoms. The third kappa shape index (κ3) is 3.46. The van der Waals surface area contributed by atoms with Crippen LogP contribution in [0, 0.1) is 20.8 Å². The topological polar surface area (TPSA) is 66.8 Å². The van der Waals surface area contributed by atoms with Crippen molar-refractivity contribution in [2.45, 2.75) is 26.8 Å². The van der Waals surface area contributed by atoms with Crippen molar-refractivity contribution in [3.63, 3.8) is 0 Å². The third-order valence-corrected chi connectivity index (χ3v) is 5.81. The van der Waals surface area contributed by atoms with Gasteiger partial charge in [0.2, 0.25) is 0 Å². The Morgan fingerprint density at radius 2 is 1.56 bits per heavy atom. The number of amides is 1. The van der Waals surface area contributed by atoms with Gasteiger partial charge < -0.3 is 9.84 Å². The SMILES string of the molecule is COc1c(C)cc(C)cc1/C(O)=C1\C(=O)C(=O)N(c2ccccc2C)C1c1ccccc1. The van der Waals surface area contributed by atoms with E-state index in [0.29, 0.717) is 17.0 Å². The van der Waals surface area contributed by atoms with E-state index in [1.807, 2.05) is 81.4 Å². The molecular weight excluding hydrogens is 402 g/mol. The molecule has 0 radical (unpaired) electrons. The molecule has 3 aromatic carbocycles. The van der Waals surface area contributed by atoms with Crippen molar-refractivity contribution in [1.29, 1.82) is 0 Å². The van der Waals surface area contributed by atoms with Gasteiger partial charge in [-0.3, -0.25) is 14.5 Å². The molecule has 1 N–H and O–H groups in total. The number of hydrogen-bond donors (Lipinski definition) is 1. The first-order valence-corrected chi connectivity index (χ1v) is 10.4. The maximum absolute atomic E-state index is 13.3. The van der Waals surface area contributed by atoms with Gasteiger partial charge in [-0.05, 0) is 55.2 Å². The maximum atomic E-state index is 13.3. The highest BCUT2D eigenvalue weighted by Crippen LogP contribution is 2.44. The number of carbonyl (C=O) groups is 2. The van der Waals surface area contributed by atoms with E-state index in [0.717, 1.165) is 22.3 Å². The lowest BCUT2D eigenvalue weighted by molar-refractivity contribution is -0.132. The van der Waals surface area contributed by atoms with Crippen molar-refractivity contribution in [3.05, 3.63) is 100 Å². The quantitative estimate of drug-likeness (QED) is 0.351. The smallest absolute Gasteiger partial charge is 0.300 e. The highest BCUT2D eigenvalue weighted by molar-refractivity contribution is 6.51. The van der Waals surface area contributed by atoms with Crippen molar-refractivity contribution in [3.8, 4) is 5.75 Å². The zero-order chi connectivity index (χ0) is 23.0. The Kier molecular flexibility index (Phi) is 5.57. The van der Waals surface area contributed by atoms with Gasteiger partial charge in [-0.2, -0.15) is 0 Å².